The van der Waals surface area contributed by atoms with Crippen LogP contribution in [0, 0.1) is 0 Å². The summed E-state index contributed by atoms with van der Waals surface area (Å²) in [6, 6.07) is -3.09. The summed E-state index contributed by atoms with van der Waals surface area (Å²) in [5.41, 5.74) is 5.07. The second-order valence-corrected chi connectivity index (χ2v) is 5.05. The van der Waals surface area contributed by atoms with E-state index in [9.17, 15) is 33.9 Å². The lowest BCUT2D eigenvalue weighted by Crippen LogP contribution is -2.56. The lowest BCUT2D eigenvalue weighted by Gasteiger charge is -2.21. The van der Waals surface area contributed by atoms with Crippen LogP contribution in [0.3, 0.4) is 0 Å². The van der Waals surface area contributed by atoms with Gasteiger partial charge < -0.3 is 42.3 Å². The molecule has 0 rings (SSSR count). The van der Waals surface area contributed by atoms with Crippen LogP contribution in [0.15, 0.2) is 0 Å². The van der Waals surface area contributed by atoms with Gasteiger partial charge in [-0.1, -0.05) is 0 Å². The molecule has 0 heterocycles. The Morgan fingerprint density at radius 1 is 0.778 bits per heavy atom. The molecule has 0 unspecified atom stereocenters. The van der Waals surface area contributed by atoms with Gasteiger partial charge in [-0.05, 0) is 0 Å². The van der Waals surface area contributed by atoms with Crippen molar-refractivity contribution in [1.82, 2.24) is 21.3 Å². The van der Waals surface area contributed by atoms with Crippen molar-refractivity contribution in [2.24, 2.45) is 5.73 Å². The minimum atomic E-state index is -1.55. The van der Waals surface area contributed by atoms with E-state index in [1.165, 1.54) is 0 Å². The van der Waals surface area contributed by atoms with Crippen molar-refractivity contribution in [3.63, 3.8) is 0 Å². The normalized spacial score (nSPS) is 12.2. The zero-order chi connectivity index (χ0) is 21.0. The van der Waals surface area contributed by atoms with Gasteiger partial charge in [-0.2, -0.15) is 0 Å². The summed E-state index contributed by atoms with van der Waals surface area (Å²) in [5.74, 6) is -6.39. The first-order chi connectivity index (χ1) is 12.6. The van der Waals surface area contributed by atoms with E-state index in [2.05, 4.69) is 10.6 Å². The van der Waals surface area contributed by atoms with Gasteiger partial charge in [-0.15, -0.1) is 0 Å². The average molecular weight is 391 g/mol. The summed E-state index contributed by atoms with van der Waals surface area (Å²) in [6.45, 7) is -2.68. The summed E-state index contributed by atoms with van der Waals surface area (Å²) in [4.78, 5) is 67.6. The monoisotopic (exact) mass is 391 g/mol. The zero-order valence-electron chi connectivity index (χ0n) is 14.1. The number of hydrogen-bond acceptors (Lipinski definition) is 8. The summed E-state index contributed by atoms with van der Waals surface area (Å²) in [5, 5.41) is 34.5. The number of nitrogens with one attached hydrogen (secondary N) is 4. The standard InChI is InChI=1S/C13H21N5O9/c14-2-8(20)17-6(1-10(22)23)13(27)18-7(5-19)12(26)16-3-9(21)15-4-11(24)25/h6-7,19H,1-5,14H2,(H,15,21)(H,16,26)(H,17,20)(H,18,27)(H,22,23)(H,24,25)/t6-,7-/m0/s1. The Balaban J connectivity index is 4.75. The summed E-state index contributed by atoms with van der Waals surface area (Å²) < 4.78 is 0. The number of carboxylic acids is 2. The fourth-order valence-electron chi connectivity index (χ4n) is 1.63. The van der Waals surface area contributed by atoms with Crippen LogP contribution in [-0.4, -0.2) is 89.2 Å². The largest absolute Gasteiger partial charge is 0.481 e. The Morgan fingerprint density at radius 2 is 1.41 bits per heavy atom. The lowest BCUT2D eigenvalue weighted by molar-refractivity contribution is -0.141. The van der Waals surface area contributed by atoms with E-state index in [-0.39, 0.29) is 0 Å². The number of amides is 4. The van der Waals surface area contributed by atoms with Crippen molar-refractivity contribution in [3.8, 4) is 0 Å². The molecule has 0 aromatic carbocycles. The number of hydrogen-bond donors (Lipinski definition) is 8. The molecule has 0 aromatic rings. The molecule has 0 saturated heterocycles. The number of carbonyl (C=O) groups is 6. The lowest BCUT2D eigenvalue weighted by atomic mass is 10.1. The number of carboxylic acid groups (broad SMARTS) is 2. The van der Waals surface area contributed by atoms with Gasteiger partial charge in [0.15, 0.2) is 0 Å². The van der Waals surface area contributed by atoms with E-state index in [1.807, 2.05) is 10.6 Å². The molecular formula is C13H21N5O9. The molecule has 0 bridgehead atoms. The number of aliphatic carboxylic acids is 2. The number of nitrogens with two attached hydrogens (primary N) is 1. The van der Waals surface area contributed by atoms with E-state index in [1.54, 1.807) is 0 Å². The third kappa shape index (κ3) is 10.4. The maximum absolute atomic E-state index is 12.1. The van der Waals surface area contributed by atoms with Crippen LogP contribution in [-0.2, 0) is 28.8 Å². The first-order valence-electron chi connectivity index (χ1n) is 7.49. The highest BCUT2D eigenvalue weighted by atomic mass is 16.4. The molecule has 2 atom stereocenters. The molecule has 14 nitrogen and oxygen atoms in total. The van der Waals surface area contributed by atoms with Gasteiger partial charge in [-0.25, -0.2) is 0 Å². The van der Waals surface area contributed by atoms with Gasteiger partial charge in [0.25, 0.3) is 0 Å². The van der Waals surface area contributed by atoms with Crippen LogP contribution >= 0.6 is 0 Å². The average Bonchev–Trinajstić information content (AvgIpc) is 2.60. The van der Waals surface area contributed by atoms with Crippen molar-refractivity contribution in [3.05, 3.63) is 0 Å². The van der Waals surface area contributed by atoms with Crippen LogP contribution in [0.5, 0.6) is 0 Å². The predicted octanol–water partition coefficient (Wildman–Crippen LogP) is -5.30. The van der Waals surface area contributed by atoms with Crippen LogP contribution in [0.4, 0.5) is 0 Å². The van der Waals surface area contributed by atoms with Crippen LogP contribution in [0.2, 0.25) is 0 Å². The van der Waals surface area contributed by atoms with Crippen molar-refractivity contribution >= 4 is 35.6 Å². The van der Waals surface area contributed by atoms with E-state index in [0.717, 1.165) is 0 Å². The molecular weight excluding hydrogens is 370 g/mol. The van der Waals surface area contributed by atoms with E-state index < -0.39 is 80.3 Å². The van der Waals surface area contributed by atoms with Gasteiger partial charge in [0, 0.05) is 0 Å². The number of aliphatic hydroxyl groups is 1. The number of rotatable bonds is 12. The van der Waals surface area contributed by atoms with Crippen molar-refractivity contribution in [1.29, 1.82) is 0 Å². The Bertz CT molecular complexity index is 595. The molecule has 0 aliphatic heterocycles. The molecule has 0 aliphatic carbocycles. The Labute approximate surface area is 152 Å². The SMILES string of the molecule is NCC(=O)N[C@@H](CC(=O)O)C(=O)N[C@@H](CO)C(=O)NCC(=O)NCC(=O)O. The van der Waals surface area contributed by atoms with Gasteiger partial charge in [0.05, 0.1) is 26.1 Å². The highest BCUT2D eigenvalue weighted by Gasteiger charge is 2.28. The predicted molar refractivity (Wildman–Crippen MR) is 85.9 cm³/mol. The smallest absolute Gasteiger partial charge is 0.322 e. The van der Waals surface area contributed by atoms with Gasteiger partial charge in [0.1, 0.15) is 18.6 Å². The maximum Gasteiger partial charge on any atom is 0.322 e. The molecule has 4 amide bonds. The summed E-state index contributed by atoms with van der Waals surface area (Å²) in [7, 11) is 0. The van der Waals surface area contributed by atoms with E-state index in [0.29, 0.717) is 0 Å². The molecule has 152 valence electrons. The highest BCUT2D eigenvalue weighted by molar-refractivity contribution is 5.95. The first kappa shape index (κ1) is 23.7. The van der Waals surface area contributed by atoms with Crippen LogP contribution in [0.1, 0.15) is 6.42 Å². The second kappa shape index (κ2) is 12.2. The minimum Gasteiger partial charge on any atom is -0.481 e. The third-order valence-electron chi connectivity index (χ3n) is 2.89. The number of carbonyl (C=O) groups excluding carboxylic acids is 4. The molecule has 14 heteroatoms. The molecule has 27 heavy (non-hydrogen) atoms. The second-order valence-electron chi connectivity index (χ2n) is 5.05. The van der Waals surface area contributed by atoms with Crippen molar-refractivity contribution in [2.75, 3.05) is 26.2 Å². The first-order valence-corrected chi connectivity index (χ1v) is 7.49. The summed E-state index contributed by atoms with van der Waals surface area (Å²) >= 11 is 0. The molecule has 0 aliphatic rings. The van der Waals surface area contributed by atoms with Crippen molar-refractivity contribution < 1.29 is 44.1 Å². The Kier molecular flexibility index (Phi) is 10.7. The third-order valence-corrected chi connectivity index (χ3v) is 2.89. The molecule has 0 spiro atoms. The van der Waals surface area contributed by atoms with Crippen molar-refractivity contribution in [2.45, 2.75) is 18.5 Å². The fourth-order valence-corrected chi connectivity index (χ4v) is 1.63. The van der Waals surface area contributed by atoms with E-state index >= 15 is 0 Å². The Morgan fingerprint density at radius 3 is 1.89 bits per heavy atom. The molecule has 0 saturated carbocycles. The van der Waals surface area contributed by atoms with Crippen LogP contribution in [0.25, 0.3) is 0 Å². The fraction of sp³-hybridized carbons (Fsp3) is 0.538. The van der Waals surface area contributed by atoms with Gasteiger partial charge in [-0.3, -0.25) is 28.8 Å². The molecule has 0 radical (unpaired) electrons. The summed E-state index contributed by atoms with van der Waals surface area (Å²) in [6.07, 6.45) is -0.797. The zero-order valence-corrected chi connectivity index (χ0v) is 14.1. The molecule has 9 N–H and O–H groups in total. The molecule has 0 fully saturated rings. The number of aliphatic hydroxyl groups excluding tert-OH is 1. The maximum atomic E-state index is 12.1. The van der Waals surface area contributed by atoms with Gasteiger partial charge in [0.2, 0.25) is 23.6 Å². The highest BCUT2D eigenvalue weighted by Crippen LogP contribution is 1.95. The topological polar surface area (TPSA) is 237 Å². The quantitative estimate of drug-likeness (QED) is 0.157. The van der Waals surface area contributed by atoms with Gasteiger partial charge >= 0.3 is 11.9 Å². The Hall–Kier alpha value is -3.26. The van der Waals surface area contributed by atoms with E-state index in [4.69, 9.17) is 15.9 Å². The molecule has 0 aromatic heterocycles. The van der Waals surface area contributed by atoms with Crippen LogP contribution < -0.4 is 27.0 Å². The minimum absolute atomic E-state index is 0.501.